The average molecular weight is 341 g/mol. The van der Waals surface area contributed by atoms with Crippen LogP contribution in [0.2, 0.25) is 0 Å². The molecule has 2 rings (SSSR count). The van der Waals surface area contributed by atoms with Crippen molar-refractivity contribution < 1.29 is 14.3 Å². The molecule has 1 N–H and O–H groups in total. The second-order valence-electron chi connectivity index (χ2n) is 7.79. The van der Waals surface area contributed by atoms with E-state index in [0.29, 0.717) is 24.5 Å². The average Bonchev–Trinajstić information content (AvgIpc) is 2.53. The van der Waals surface area contributed by atoms with Gasteiger partial charge in [0.1, 0.15) is 0 Å². The SMILES string of the molecule is CC(C)COC(=O)NCC1CCC(OCCCCN2CCC2)CC1. The first-order valence-electron chi connectivity index (χ1n) is 9.88. The first kappa shape index (κ1) is 19.5. The highest BCUT2D eigenvalue weighted by molar-refractivity contribution is 5.67. The number of unbranched alkanes of at least 4 members (excludes halogenated alkanes) is 1. The Morgan fingerprint density at radius 1 is 1.17 bits per heavy atom. The minimum absolute atomic E-state index is 0.274. The van der Waals surface area contributed by atoms with Crippen LogP contribution in [0.15, 0.2) is 0 Å². The van der Waals surface area contributed by atoms with Crippen molar-refractivity contribution in [2.75, 3.05) is 39.4 Å². The highest BCUT2D eigenvalue weighted by atomic mass is 16.5. The molecule has 24 heavy (non-hydrogen) atoms. The van der Waals surface area contributed by atoms with Gasteiger partial charge < -0.3 is 19.7 Å². The topological polar surface area (TPSA) is 50.8 Å². The van der Waals surface area contributed by atoms with Crippen molar-refractivity contribution in [3.8, 4) is 0 Å². The zero-order chi connectivity index (χ0) is 17.2. The van der Waals surface area contributed by atoms with E-state index in [2.05, 4.69) is 10.2 Å². The standard InChI is InChI=1S/C19H36N2O3/c1-16(2)15-24-19(22)20-14-17-6-8-18(9-7-17)23-13-4-3-10-21-11-5-12-21/h16-18H,3-15H2,1-2H3,(H,20,22). The molecule has 0 bridgehead atoms. The molecule has 0 aromatic heterocycles. The Hall–Kier alpha value is -0.810. The van der Waals surface area contributed by atoms with E-state index in [1.54, 1.807) is 0 Å². The molecule has 1 amide bonds. The van der Waals surface area contributed by atoms with E-state index in [0.717, 1.165) is 38.8 Å². The summed E-state index contributed by atoms with van der Waals surface area (Å²) in [7, 11) is 0. The van der Waals surface area contributed by atoms with Crippen LogP contribution in [-0.4, -0.2) is 56.5 Å². The fraction of sp³-hybridized carbons (Fsp3) is 0.947. The van der Waals surface area contributed by atoms with Crippen LogP contribution in [0.1, 0.15) is 58.8 Å². The zero-order valence-electron chi connectivity index (χ0n) is 15.6. The molecule has 5 nitrogen and oxygen atoms in total. The van der Waals surface area contributed by atoms with Crippen LogP contribution in [-0.2, 0) is 9.47 Å². The van der Waals surface area contributed by atoms with Gasteiger partial charge in [0.05, 0.1) is 12.7 Å². The Labute approximate surface area is 147 Å². The lowest BCUT2D eigenvalue weighted by molar-refractivity contribution is 0.0149. The number of amides is 1. The summed E-state index contributed by atoms with van der Waals surface area (Å²) in [5.41, 5.74) is 0. The molecule has 0 aromatic carbocycles. The van der Waals surface area contributed by atoms with E-state index < -0.39 is 0 Å². The maximum Gasteiger partial charge on any atom is 0.407 e. The monoisotopic (exact) mass is 340 g/mol. The van der Waals surface area contributed by atoms with Crippen molar-refractivity contribution in [2.24, 2.45) is 11.8 Å². The normalized spacial score (nSPS) is 24.6. The predicted octanol–water partition coefficient (Wildman–Crippen LogP) is 3.43. The molecule has 2 fully saturated rings. The Kier molecular flexibility index (Phi) is 8.89. The van der Waals surface area contributed by atoms with Crippen LogP contribution in [0, 0.1) is 11.8 Å². The van der Waals surface area contributed by atoms with Crippen molar-refractivity contribution in [2.45, 2.75) is 64.9 Å². The number of likely N-dealkylation sites (tertiary alicyclic amines) is 1. The largest absolute Gasteiger partial charge is 0.449 e. The van der Waals surface area contributed by atoms with E-state index in [-0.39, 0.29) is 6.09 Å². The van der Waals surface area contributed by atoms with Crippen LogP contribution in [0.4, 0.5) is 4.79 Å². The van der Waals surface area contributed by atoms with Gasteiger partial charge in [-0.15, -0.1) is 0 Å². The quantitative estimate of drug-likeness (QED) is 0.619. The van der Waals surface area contributed by atoms with Crippen LogP contribution in [0.25, 0.3) is 0 Å². The van der Waals surface area contributed by atoms with Gasteiger partial charge in [0, 0.05) is 13.2 Å². The van der Waals surface area contributed by atoms with Gasteiger partial charge in [0.25, 0.3) is 0 Å². The minimum Gasteiger partial charge on any atom is -0.449 e. The second kappa shape index (κ2) is 10.9. The Morgan fingerprint density at radius 3 is 2.54 bits per heavy atom. The Morgan fingerprint density at radius 2 is 1.92 bits per heavy atom. The Bertz CT molecular complexity index is 351. The van der Waals surface area contributed by atoms with Crippen molar-refractivity contribution in [3.05, 3.63) is 0 Å². The second-order valence-corrected chi connectivity index (χ2v) is 7.79. The lowest BCUT2D eigenvalue weighted by Crippen LogP contribution is -2.37. The van der Waals surface area contributed by atoms with Crippen LogP contribution < -0.4 is 5.32 Å². The number of nitrogens with zero attached hydrogens (tertiary/aromatic N) is 1. The van der Waals surface area contributed by atoms with Crippen molar-refractivity contribution >= 4 is 6.09 Å². The molecule has 0 radical (unpaired) electrons. The van der Waals surface area contributed by atoms with Crippen LogP contribution >= 0.6 is 0 Å². The Balaban J connectivity index is 1.43. The summed E-state index contributed by atoms with van der Waals surface area (Å²) in [6, 6.07) is 0. The molecular formula is C19H36N2O3. The number of hydrogen-bond donors (Lipinski definition) is 1. The molecule has 140 valence electrons. The number of hydrogen-bond acceptors (Lipinski definition) is 4. The minimum atomic E-state index is -0.274. The zero-order valence-corrected chi connectivity index (χ0v) is 15.6. The molecule has 1 saturated carbocycles. The first-order valence-corrected chi connectivity index (χ1v) is 9.88. The molecule has 0 spiro atoms. The number of rotatable bonds is 10. The summed E-state index contributed by atoms with van der Waals surface area (Å²) in [5.74, 6) is 0.956. The van der Waals surface area contributed by atoms with E-state index in [1.165, 1.54) is 38.9 Å². The van der Waals surface area contributed by atoms with Crippen molar-refractivity contribution in [3.63, 3.8) is 0 Å². The molecule has 5 heteroatoms. The maximum atomic E-state index is 11.6. The summed E-state index contributed by atoms with van der Waals surface area (Å²) in [5, 5.41) is 2.90. The van der Waals surface area contributed by atoms with Gasteiger partial charge in [-0.05, 0) is 76.4 Å². The van der Waals surface area contributed by atoms with Gasteiger partial charge in [0.15, 0.2) is 0 Å². The summed E-state index contributed by atoms with van der Waals surface area (Å²) < 4.78 is 11.2. The molecular weight excluding hydrogens is 304 g/mol. The van der Waals surface area contributed by atoms with Crippen molar-refractivity contribution in [1.29, 1.82) is 0 Å². The summed E-state index contributed by atoms with van der Waals surface area (Å²) in [4.78, 5) is 14.1. The van der Waals surface area contributed by atoms with E-state index >= 15 is 0 Å². The number of carbonyl (C=O) groups is 1. The third-order valence-corrected chi connectivity index (χ3v) is 5.05. The van der Waals surface area contributed by atoms with E-state index in [1.807, 2.05) is 13.8 Å². The molecule has 1 aliphatic carbocycles. The lowest BCUT2D eigenvalue weighted by atomic mass is 9.87. The summed E-state index contributed by atoms with van der Waals surface area (Å²) in [6.07, 6.45) is 8.51. The van der Waals surface area contributed by atoms with Crippen LogP contribution in [0.3, 0.4) is 0 Å². The lowest BCUT2D eigenvalue weighted by Gasteiger charge is -2.31. The third-order valence-electron chi connectivity index (χ3n) is 5.05. The third kappa shape index (κ3) is 7.84. The maximum absolute atomic E-state index is 11.6. The molecule has 0 unspecified atom stereocenters. The fourth-order valence-corrected chi connectivity index (χ4v) is 3.32. The predicted molar refractivity (Wildman–Crippen MR) is 96.2 cm³/mol. The molecule has 1 heterocycles. The number of ether oxygens (including phenoxy) is 2. The number of carbonyl (C=O) groups excluding carboxylic acids is 1. The molecule has 1 aliphatic heterocycles. The van der Waals surface area contributed by atoms with E-state index in [9.17, 15) is 4.79 Å². The van der Waals surface area contributed by atoms with Gasteiger partial charge in [-0.1, -0.05) is 13.8 Å². The summed E-state index contributed by atoms with van der Waals surface area (Å²) in [6.45, 7) is 10.0. The van der Waals surface area contributed by atoms with Gasteiger partial charge in [-0.3, -0.25) is 0 Å². The number of alkyl carbamates (subject to hydrolysis) is 1. The van der Waals surface area contributed by atoms with Gasteiger partial charge in [0.2, 0.25) is 0 Å². The van der Waals surface area contributed by atoms with Crippen molar-refractivity contribution in [1.82, 2.24) is 10.2 Å². The molecule has 2 aliphatic rings. The van der Waals surface area contributed by atoms with E-state index in [4.69, 9.17) is 9.47 Å². The number of nitrogens with one attached hydrogen (secondary N) is 1. The van der Waals surface area contributed by atoms with Crippen LogP contribution in [0.5, 0.6) is 0 Å². The molecule has 1 saturated heterocycles. The van der Waals surface area contributed by atoms with Gasteiger partial charge in [-0.25, -0.2) is 4.79 Å². The first-order chi connectivity index (χ1) is 11.6. The highest BCUT2D eigenvalue weighted by Crippen LogP contribution is 2.26. The fourth-order valence-electron chi connectivity index (χ4n) is 3.32. The van der Waals surface area contributed by atoms with Gasteiger partial charge in [-0.2, -0.15) is 0 Å². The molecule has 0 aromatic rings. The molecule has 0 atom stereocenters. The highest BCUT2D eigenvalue weighted by Gasteiger charge is 2.22. The van der Waals surface area contributed by atoms with Gasteiger partial charge >= 0.3 is 6.09 Å². The smallest absolute Gasteiger partial charge is 0.407 e. The summed E-state index contributed by atoms with van der Waals surface area (Å²) >= 11 is 0.